The topological polar surface area (TPSA) is 33.2 Å². The van der Waals surface area contributed by atoms with E-state index in [1.807, 2.05) is 71.3 Å². The minimum absolute atomic E-state index is 0.00455. The van der Waals surface area contributed by atoms with Crippen LogP contribution in [0.4, 0.5) is 5.69 Å². The van der Waals surface area contributed by atoms with Gasteiger partial charge in [-0.05, 0) is 42.5 Å². The number of rotatable bonds is 2. The standard InChI is InChI=1S/C21H18N2OS/c24-21(23-14-5-15-25-20-9-4-3-8-19(20)23)13-12-17-11-10-16-6-1-2-7-18(16)22-17/h1-4,6-13H,5,14-15H2. The summed E-state index contributed by atoms with van der Waals surface area (Å²) in [5.74, 6) is 1.04. The Hall–Kier alpha value is -2.59. The molecule has 0 bridgehead atoms. The minimum Gasteiger partial charge on any atom is -0.308 e. The van der Waals surface area contributed by atoms with Gasteiger partial charge in [0.2, 0.25) is 0 Å². The highest BCUT2D eigenvalue weighted by molar-refractivity contribution is 7.99. The largest absolute Gasteiger partial charge is 0.308 e. The zero-order valence-corrected chi connectivity index (χ0v) is 14.6. The van der Waals surface area contributed by atoms with Crippen LogP contribution in [0.15, 0.2) is 71.6 Å². The molecule has 1 amide bonds. The van der Waals surface area contributed by atoms with Crippen molar-refractivity contribution in [2.75, 3.05) is 17.2 Å². The fourth-order valence-electron chi connectivity index (χ4n) is 2.98. The van der Waals surface area contributed by atoms with Gasteiger partial charge in [-0.1, -0.05) is 36.4 Å². The molecule has 0 saturated heterocycles. The molecule has 1 aliphatic heterocycles. The smallest absolute Gasteiger partial charge is 0.251 e. The molecule has 0 N–H and O–H groups in total. The number of benzene rings is 2. The van der Waals surface area contributed by atoms with Gasteiger partial charge >= 0.3 is 0 Å². The summed E-state index contributed by atoms with van der Waals surface area (Å²) in [7, 11) is 0. The SMILES string of the molecule is O=C(C=Cc1ccc2ccccc2n1)N1CCCSc2ccccc21. The van der Waals surface area contributed by atoms with Crippen LogP contribution in [0.25, 0.3) is 17.0 Å². The molecule has 25 heavy (non-hydrogen) atoms. The number of amides is 1. The monoisotopic (exact) mass is 346 g/mol. The number of pyridine rings is 1. The first-order chi connectivity index (χ1) is 12.3. The summed E-state index contributed by atoms with van der Waals surface area (Å²) in [6.45, 7) is 0.748. The molecule has 4 rings (SSSR count). The van der Waals surface area contributed by atoms with Crippen LogP contribution < -0.4 is 4.90 Å². The second kappa shape index (κ2) is 7.11. The molecular weight excluding hydrogens is 328 g/mol. The molecule has 0 aliphatic carbocycles. The summed E-state index contributed by atoms with van der Waals surface area (Å²) < 4.78 is 0. The Morgan fingerprint density at radius 1 is 1.04 bits per heavy atom. The van der Waals surface area contributed by atoms with Crippen molar-refractivity contribution in [2.45, 2.75) is 11.3 Å². The molecular formula is C21H18N2OS. The molecule has 0 saturated carbocycles. The summed E-state index contributed by atoms with van der Waals surface area (Å²) in [5, 5.41) is 1.10. The zero-order valence-electron chi connectivity index (χ0n) is 13.8. The van der Waals surface area contributed by atoms with Gasteiger partial charge in [0.1, 0.15) is 0 Å². The predicted octanol–water partition coefficient (Wildman–Crippen LogP) is 4.78. The van der Waals surface area contributed by atoms with Crippen LogP contribution in [0.3, 0.4) is 0 Å². The minimum atomic E-state index is 0.00455. The molecule has 0 spiro atoms. The second-order valence-corrected chi connectivity index (χ2v) is 7.06. The summed E-state index contributed by atoms with van der Waals surface area (Å²) >= 11 is 1.82. The number of thioether (sulfide) groups is 1. The van der Waals surface area contributed by atoms with E-state index in [-0.39, 0.29) is 5.91 Å². The van der Waals surface area contributed by atoms with Crippen LogP contribution >= 0.6 is 11.8 Å². The van der Waals surface area contributed by atoms with Gasteiger partial charge in [0, 0.05) is 22.9 Å². The highest BCUT2D eigenvalue weighted by atomic mass is 32.2. The van der Waals surface area contributed by atoms with Crippen LogP contribution in [0.1, 0.15) is 12.1 Å². The van der Waals surface area contributed by atoms with Crippen molar-refractivity contribution in [3.05, 3.63) is 72.4 Å². The lowest BCUT2D eigenvalue weighted by molar-refractivity contribution is -0.114. The van der Waals surface area contributed by atoms with Crippen molar-refractivity contribution in [1.29, 1.82) is 0 Å². The summed E-state index contributed by atoms with van der Waals surface area (Å²) in [4.78, 5) is 20.4. The maximum atomic E-state index is 12.8. The Balaban J connectivity index is 1.59. The Kier molecular flexibility index (Phi) is 4.53. The highest BCUT2D eigenvalue weighted by Crippen LogP contribution is 2.33. The first-order valence-electron chi connectivity index (χ1n) is 8.38. The van der Waals surface area contributed by atoms with Gasteiger partial charge in [0.25, 0.3) is 5.91 Å². The molecule has 2 aromatic carbocycles. The molecule has 0 radical (unpaired) electrons. The van der Waals surface area contributed by atoms with E-state index in [2.05, 4.69) is 11.1 Å². The average molecular weight is 346 g/mol. The van der Waals surface area contributed by atoms with Crippen molar-refractivity contribution in [1.82, 2.24) is 4.98 Å². The third-order valence-corrected chi connectivity index (χ3v) is 5.37. The zero-order chi connectivity index (χ0) is 17.1. The maximum absolute atomic E-state index is 12.8. The van der Waals surface area contributed by atoms with Crippen LogP contribution in [0.2, 0.25) is 0 Å². The van der Waals surface area contributed by atoms with Crippen molar-refractivity contribution in [3.8, 4) is 0 Å². The predicted molar refractivity (Wildman–Crippen MR) is 105 cm³/mol. The van der Waals surface area contributed by atoms with Crippen LogP contribution in [-0.2, 0) is 4.79 Å². The first-order valence-corrected chi connectivity index (χ1v) is 9.37. The molecule has 4 heteroatoms. The van der Waals surface area contributed by atoms with E-state index in [0.29, 0.717) is 0 Å². The van der Waals surface area contributed by atoms with Crippen molar-refractivity contribution in [2.24, 2.45) is 0 Å². The van der Waals surface area contributed by atoms with Gasteiger partial charge in [-0.25, -0.2) is 4.98 Å². The molecule has 1 aromatic heterocycles. The fourth-order valence-corrected chi connectivity index (χ4v) is 3.97. The second-order valence-electron chi connectivity index (χ2n) is 5.92. The summed E-state index contributed by atoms with van der Waals surface area (Å²) in [6, 6.07) is 20.1. The number of hydrogen-bond acceptors (Lipinski definition) is 3. The normalized spacial score (nSPS) is 14.5. The Morgan fingerprint density at radius 3 is 2.84 bits per heavy atom. The molecule has 3 nitrogen and oxygen atoms in total. The van der Waals surface area contributed by atoms with Gasteiger partial charge in [-0.15, -0.1) is 11.8 Å². The van der Waals surface area contributed by atoms with E-state index < -0.39 is 0 Å². The van der Waals surface area contributed by atoms with Gasteiger partial charge in [0.15, 0.2) is 0 Å². The number of carbonyl (C=O) groups excluding carboxylic acids is 1. The number of hydrogen-bond donors (Lipinski definition) is 0. The highest BCUT2D eigenvalue weighted by Gasteiger charge is 2.19. The van der Waals surface area contributed by atoms with Crippen molar-refractivity contribution >= 4 is 40.3 Å². The summed E-state index contributed by atoms with van der Waals surface area (Å²) in [6.07, 6.45) is 4.42. The molecule has 0 fully saturated rings. The van der Waals surface area contributed by atoms with Crippen molar-refractivity contribution in [3.63, 3.8) is 0 Å². The maximum Gasteiger partial charge on any atom is 0.251 e. The molecule has 0 atom stereocenters. The average Bonchev–Trinajstić information content (AvgIpc) is 2.88. The number of fused-ring (bicyclic) bond motifs is 2. The third kappa shape index (κ3) is 3.44. The Bertz CT molecular complexity index is 951. The fraction of sp³-hybridized carbons (Fsp3) is 0.143. The summed E-state index contributed by atoms with van der Waals surface area (Å²) in [5.41, 5.74) is 2.74. The molecule has 2 heterocycles. The lowest BCUT2D eigenvalue weighted by atomic mass is 10.2. The van der Waals surface area contributed by atoms with Gasteiger partial charge in [-0.3, -0.25) is 4.79 Å². The van der Waals surface area contributed by atoms with Gasteiger partial charge in [0.05, 0.1) is 16.9 Å². The third-order valence-electron chi connectivity index (χ3n) is 4.22. The number of nitrogens with zero attached hydrogens (tertiary/aromatic N) is 2. The van der Waals surface area contributed by atoms with E-state index in [9.17, 15) is 4.79 Å². The lowest BCUT2D eigenvalue weighted by Crippen LogP contribution is -2.30. The Morgan fingerprint density at radius 2 is 1.88 bits per heavy atom. The first kappa shape index (κ1) is 15.9. The van der Waals surface area contributed by atoms with E-state index in [0.717, 1.165) is 41.0 Å². The van der Waals surface area contributed by atoms with E-state index in [4.69, 9.17) is 0 Å². The van der Waals surface area contributed by atoms with E-state index >= 15 is 0 Å². The van der Waals surface area contributed by atoms with Crippen LogP contribution in [0, 0.1) is 0 Å². The number of para-hydroxylation sites is 2. The molecule has 3 aromatic rings. The molecule has 0 unspecified atom stereocenters. The van der Waals surface area contributed by atoms with E-state index in [1.165, 1.54) is 4.90 Å². The quantitative estimate of drug-likeness (QED) is 0.626. The van der Waals surface area contributed by atoms with Gasteiger partial charge < -0.3 is 4.90 Å². The Labute approximate surface area is 151 Å². The number of anilines is 1. The van der Waals surface area contributed by atoms with E-state index in [1.54, 1.807) is 12.2 Å². The lowest BCUT2D eigenvalue weighted by Gasteiger charge is -2.20. The molecule has 1 aliphatic rings. The van der Waals surface area contributed by atoms with Gasteiger partial charge in [-0.2, -0.15) is 0 Å². The number of carbonyl (C=O) groups is 1. The van der Waals surface area contributed by atoms with Crippen molar-refractivity contribution < 1.29 is 4.79 Å². The van der Waals surface area contributed by atoms with Crippen LogP contribution in [0.5, 0.6) is 0 Å². The molecule has 124 valence electrons. The van der Waals surface area contributed by atoms with Crippen LogP contribution in [-0.4, -0.2) is 23.2 Å². The number of aromatic nitrogens is 1.